The predicted molar refractivity (Wildman–Crippen MR) is 62.6 cm³/mol. The van der Waals surface area contributed by atoms with Crippen molar-refractivity contribution >= 4 is 0 Å². The van der Waals surface area contributed by atoms with Crippen molar-refractivity contribution in [3.05, 3.63) is 0 Å². The van der Waals surface area contributed by atoms with Gasteiger partial charge in [-0.15, -0.1) is 0 Å². The molecule has 0 aromatic heterocycles. The van der Waals surface area contributed by atoms with E-state index in [2.05, 4.69) is 37.9 Å². The smallest absolute Gasteiger partial charge is 0.0104 e. The zero-order chi connectivity index (χ0) is 10.6. The maximum atomic E-state index is 2.50. The normalized spacial score (nSPS) is 30.6. The third-order valence-electron chi connectivity index (χ3n) is 3.45. The van der Waals surface area contributed by atoms with Crippen molar-refractivity contribution in [2.75, 3.05) is 34.2 Å². The van der Waals surface area contributed by atoms with Gasteiger partial charge in [0, 0.05) is 12.6 Å². The molecule has 1 saturated heterocycles. The number of rotatable bonds is 3. The van der Waals surface area contributed by atoms with E-state index in [0.717, 1.165) is 12.0 Å². The molecule has 0 aromatic carbocycles. The molecule has 0 aromatic rings. The van der Waals surface area contributed by atoms with Gasteiger partial charge in [0.15, 0.2) is 0 Å². The van der Waals surface area contributed by atoms with E-state index in [1.807, 2.05) is 0 Å². The summed E-state index contributed by atoms with van der Waals surface area (Å²) >= 11 is 0. The van der Waals surface area contributed by atoms with Crippen molar-refractivity contribution < 1.29 is 0 Å². The minimum absolute atomic E-state index is 0.802. The summed E-state index contributed by atoms with van der Waals surface area (Å²) in [7, 11) is 6.71. The fraction of sp³-hybridized carbons (Fsp3) is 1.00. The van der Waals surface area contributed by atoms with Crippen LogP contribution in [0.1, 0.15) is 32.6 Å². The lowest BCUT2D eigenvalue weighted by Gasteiger charge is -2.25. The van der Waals surface area contributed by atoms with Gasteiger partial charge in [-0.2, -0.15) is 0 Å². The second-order valence-electron chi connectivity index (χ2n) is 5.06. The topological polar surface area (TPSA) is 6.48 Å². The van der Waals surface area contributed by atoms with E-state index in [4.69, 9.17) is 0 Å². The van der Waals surface area contributed by atoms with E-state index in [1.165, 1.54) is 38.8 Å². The summed E-state index contributed by atoms with van der Waals surface area (Å²) < 4.78 is 0. The van der Waals surface area contributed by atoms with Crippen LogP contribution in [0.2, 0.25) is 0 Å². The third-order valence-corrected chi connectivity index (χ3v) is 3.45. The van der Waals surface area contributed by atoms with Crippen molar-refractivity contribution in [3.8, 4) is 0 Å². The SMILES string of the molecule is CCCC1CC(N(C)C)CCN(C)C1. The van der Waals surface area contributed by atoms with Crippen molar-refractivity contribution in [1.82, 2.24) is 9.80 Å². The van der Waals surface area contributed by atoms with Crippen LogP contribution in [0, 0.1) is 5.92 Å². The number of nitrogens with zero attached hydrogens (tertiary/aromatic N) is 2. The van der Waals surface area contributed by atoms with E-state index < -0.39 is 0 Å². The Kier molecular flexibility index (Phi) is 4.90. The Labute approximate surface area is 89.3 Å². The molecular formula is C12H26N2. The Balaban J connectivity index is 2.50. The van der Waals surface area contributed by atoms with Crippen LogP contribution in [0.15, 0.2) is 0 Å². The summed E-state index contributed by atoms with van der Waals surface area (Å²) in [6.45, 7) is 4.87. The molecule has 0 bridgehead atoms. The monoisotopic (exact) mass is 198 g/mol. The first-order valence-corrected chi connectivity index (χ1v) is 5.98. The second-order valence-corrected chi connectivity index (χ2v) is 5.06. The Morgan fingerprint density at radius 3 is 2.64 bits per heavy atom. The molecule has 0 spiro atoms. The molecule has 2 atom stereocenters. The molecule has 1 rings (SSSR count). The maximum Gasteiger partial charge on any atom is 0.0104 e. The van der Waals surface area contributed by atoms with E-state index in [0.29, 0.717) is 0 Å². The molecule has 14 heavy (non-hydrogen) atoms. The minimum atomic E-state index is 0.802. The van der Waals surface area contributed by atoms with Gasteiger partial charge in [0.25, 0.3) is 0 Å². The fourth-order valence-corrected chi connectivity index (χ4v) is 2.57. The zero-order valence-corrected chi connectivity index (χ0v) is 10.3. The average molecular weight is 198 g/mol. The Morgan fingerprint density at radius 2 is 2.07 bits per heavy atom. The first-order valence-electron chi connectivity index (χ1n) is 5.98. The van der Waals surface area contributed by atoms with E-state index in [1.54, 1.807) is 0 Å². The van der Waals surface area contributed by atoms with Gasteiger partial charge in [-0.3, -0.25) is 0 Å². The van der Waals surface area contributed by atoms with Gasteiger partial charge in [-0.1, -0.05) is 13.3 Å². The zero-order valence-electron chi connectivity index (χ0n) is 10.3. The summed E-state index contributed by atoms with van der Waals surface area (Å²) in [4.78, 5) is 4.91. The van der Waals surface area contributed by atoms with E-state index in [9.17, 15) is 0 Å². The lowest BCUT2D eigenvalue weighted by molar-refractivity contribution is 0.244. The molecule has 2 heteroatoms. The van der Waals surface area contributed by atoms with E-state index in [-0.39, 0.29) is 0 Å². The highest BCUT2D eigenvalue weighted by Gasteiger charge is 2.23. The maximum absolute atomic E-state index is 2.50. The second kappa shape index (κ2) is 5.72. The summed E-state index contributed by atoms with van der Waals surface area (Å²) in [6.07, 6.45) is 5.46. The van der Waals surface area contributed by atoms with Crippen LogP contribution in [0.4, 0.5) is 0 Å². The third kappa shape index (κ3) is 3.58. The van der Waals surface area contributed by atoms with Gasteiger partial charge in [0.1, 0.15) is 0 Å². The van der Waals surface area contributed by atoms with Crippen LogP contribution >= 0.6 is 0 Å². The molecule has 1 heterocycles. The number of likely N-dealkylation sites (tertiary alicyclic amines) is 1. The molecule has 0 saturated carbocycles. The standard InChI is InChI=1S/C12H26N2/c1-5-6-11-9-12(13(2)3)7-8-14(4)10-11/h11-12H,5-10H2,1-4H3. The van der Waals surface area contributed by atoms with Crippen molar-refractivity contribution in [2.24, 2.45) is 5.92 Å². The lowest BCUT2D eigenvalue weighted by Crippen LogP contribution is -2.29. The molecule has 84 valence electrons. The van der Waals surface area contributed by atoms with E-state index >= 15 is 0 Å². The van der Waals surface area contributed by atoms with Crippen molar-refractivity contribution in [1.29, 1.82) is 0 Å². The highest BCUT2D eigenvalue weighted by atomic mass is 15.1. The van der Waals surface area contributed by atoms with Gasteiger partial charge in [-0.05, 0) is 52.9 Å². The molecule has 2 unspecified atom stereocenters. The van der Waals surface area contributed by atoms with Crippen LogP contribution in [0.3, 0.4) is 0 Å². The average Bonchev–Trinajstić information content (AvgIpc) is 2.28. The molecule has 2 nitrogen and oxygen atoms in total. The molecule has 0 N–H and O–H groups in total. The highest BCUT2D eigenvalue weighted by molar-refractivity contribution is 4.78. The summed E-state index contributed by atoms with van der Waals surface area (Å²) in [5.41, 5.74) is 0. The summed E-state index contributed by atoms with van der Waals surface area (Å²) in [5, 5.41) is 0. The van der Waals surface area contributed by atoms with Crippen LogP contribution in [-0.2, 0) is 0 Å². The van der Waals surface area contributed by atoms with Crippen LogP contribution < -0.4 is 0 Å². The quantitative estimate of drug-likeness (QED) is 0.685. The van der Waals surface area contributed by atoms with Gasteiger partial charge < -0.3 is 9.80 Å². The molecule has 0 radical (unpaired) electrons. The minimum Gasteiger partial charge on any atom is -0.306 e. The van der Waals surface area contributed by atoms with Gasteiger partial charge in [0.2, 0.25) is 0 Å². The molecule has 0 amide bonds. The van der Waals surface area contributed by atoms with Crippen LogP contribution in [0.25, 0.3) is 0 Å². The molecule has 1 aliphatic heterocycles. The fourth-order valence-electron chi connectivity index (χ4n) is 2.57. The number of hydrogen-bond acceptors (Lipinski definition) is 2. The van der Waals surface area contributed by atoms with Gasteiger partial charge in [0.05, 0.1) is 0 Å². The largest absolute Gasteiger partial charge is 0.306 e. The molecular weight excluding hydrogens is 172 g/mol. The predicted octanol–water partition coefficient (Wildman–Crippen LogP) is 2.06. The number of hydrogen-bond donors (Lipinski definition) is 0. The Hall–Kier alpha value is -0.0800. The first kappa shape index (κ1) is 12.0. The summed E-state index contributed by atoms with van der Waals surface area (Å²) in [6, 6.07) is 0.802. The van der Waals surface area contributed by atoms with Crippen molar-refractivity contribution in [3.63, 3.8) is 0 Å². The van der Waals surface area contributed by atoms with Crippen LogP contribution in [-0.4, -0.2) is 50.1 Å². The summed E-state index contributed by atoms with van der Waals surface area (Å²) in [5.74, 6) is 0.917. The van der Waals surface area contributed by atoms with Gasteiger partial charge >= 0.3 is 0 Å². The van der Waals surface area contributed by atoms with Gasteiger partial charge in [-0.25, -0.2) is 0 Å². The molecule has 1 aliphatic rings. The highest BCUT2D eigenvalue weighted by Crippen LogP contribution is 2.22. The molecule has 1 fully saturated rings. The van der Waals surface area contributed by atoms with Crippen molar-refractivity contribution in [2.45, 2.75) is 38.6 Å². The first-order chi connectivity index (χ1) is 6.63. The molecule has 0 aliphatic carbocycles. The Bertz CT molecular complexity index is 156. The lowest BCUT2D eigenvalue weighted by atomic mass is 9.95. The van der Waals surface area contributed by atoms with Crippen LogP contribution in [0.5, 0.6) is 0 Å². The Morgan fingerprint density at radius 1 is 1.36 bits per heavy atom.